The van der Waals surface area contributed by atoms with Crippen LogP contribution in [-0.2, 0) is 22.6 Å². The molecule has 0 saturated carbocycles. The summed E-state index contributed by atoms with van der Waals surface area (Å²) in [6, 6.07) is 30.7. The van der Waals surface area contributed by atoms with Crippen molar-refractivity contribution < 1.29 is 9.59 Å². The molecule has 2 unspecified atom stereocenters. The highest BCUT2D eigenvalue weighted by atomic mass is 16.2. The van der Waals surface area contributed by atoms with Crippen molar-refractivity contribution in [2.24, 2.45) is 5.92 Å². The Morgan fingerprint density at radius 2 is 1.38 bits per heavy atom. The summed E-state index contributed by atoms with van der Waals surface area (Å²) in [5, 5.41) is 3.38. The smallest absolute Gasteiger partial charge is 0.225 e. The van der Waals surface area contributed by atoms with Crippen molar-refractivity contribution in [3.05, 3.63) is 108 Å². The summed E-state index contributed by atoms with van der Waals surface area (Å²) in [4.78, 5) is 31.2. The predicted molar refractivity (Wildman–Crippen MR) is 147 cm³/mol. The summed E-state index contributed by atoms with van der Waals surface area (Å²) >= 11 is 0. The van der Waals surface area contributed by atoms with Crippen molar-refractivity contribution >= 4 is 11.8 Å². The maximum atomic E-state index is 13.7. The summed E-state index contributed by atoms with van der Waals surface area (Å²) in [5.74, 6) is -0.0458. The van der Waals surface area contributed by atoms with Crippen molar-refractivity contribution in [2.75, 3.05) is 19.6 Å². The van der Waals surface area contributed by atoms with Gasteiger partial charge in [0, 0.05) is 38.6 Å². The minimum absolute atomic E-state index is 0.0853. The van der Waals surface area contributed by atoms with Gasteiger partial charge >= 0.3 is 0 Å². The second-order valence-electron chi connectivity index (χ2n) is 10.4. The molecule has 3 aromatic carbocycles. The Labute approximate surface area is 220 Å². The lowest BCUT2D eigenvalue weighted by molar-refractivity contribution is -0.144. The van der Waals surface area contributed by atoms with Gasteiger partial charge in [0.25, 0.3) is 0 Å². The summed E-state index contributed by atoms with van der Waals surface area (Å²) in [6.07, 6.45) is 3.99. The van der Waals surface area contributed by atoms with Gasteiger partial charge in [0.2, 0.25) is 11.8 Å². The number of amides is 2. The van der Waals surface area contributed by atoms with E-state index in [1.807, 2.05) is 65.6 Å². The maximum Gasteiger partial charge on any atom is 0.225 e. The third-order valence-corrected chi connectivity index (χ3v) is 7.87. The van der Waals surface area contributed by atoms with Gasteiger partial charge in [-0.15, -0.1) is 0 Å². The summed E-state index contributed by atoms with van der Waals surface area (Å²) in [7, 11) is 0. The molecule has 1 N–H and O–H groups in total. The fourth-order valence-electron chi connectivity index (χ4n) is 5.80. The van der Waals surface area contributed by atoms with Crippen LogP contribution in [0.1, 0.15) is 48.4 Å². The first-order valence-electron chi connectivity index (χ1n) is 13.6. The van der Waals surface area contributed by atoms with Crippen LogP contribution in [-0.4, -0.2) is 47.3 Å². The van der Waals surface area contributed by atoms with E-state index in [2.05, 4.69) is 40.5 Å². The van der Waals surface area contributed by atoms with Crippen molar-refractivity contribution in [1.29, 1.82) is 0 Å². The van der Waals surface area contributed by atoms with E-state index < -0.39 is 0 Å². The lowest BCUT2D eigenvalue weighted by atomic mass is 9.83. The highest BCUT2D eigenvalue weighted by Crippen LogP contribution is 2.38. The molecule has 0 bridgehead atoms. The largest absolute Gasteiger partial charge is 0.353 e. The topological polar surface area (TPSA) is 52.7 Å². The molecule has 2 saturated heterocycles. The number of carbonyl (C=O) groups is 2. The fourth-order valence-corrected chi connectivity index (χ4v) is 5.80. The highest BCUT2D eigenvalue weighted by molar-refractivity contribution is 5.85. The molecular weight excluding hydrogens is 458 g/mol. The highest BCUT2D eigenvalue weighted by Gasteiger charge is 2.41. The Hall–Kier alpha value is -3.44. The number of hydrogen-bond donors (Lipinski definition) is 1. The summed E-state index contributed by atoms with van der Waals surface area (Å²) < 4.78 is 0. The van der Waals surface area contributed by atoms with Crippen molar-refractivity contribution in [1.82, 2.24) is 15.1 Å². The fraction of sp³-hybridized carbons (Fsp3) is 0.375. The van der Waals surface area contributed by atoms with Gasteiger partial charge in [-0.2, -0.15) is 0 Å². The third-order valence-electron chi connectivity index (χ3n) is 7.87. The van der Waals surface area contributed by atoms with Crippen molar-refractivity contribution in [3.63, 3.8) is 0 Å². The number of nitrogens with one attached hydrogen (secondary N) is 1. The Kier molecular flexibility index (Phi) is 8.32. The standard InChI is InChI=1S/C32H37N3O2/c36-30-17-16-29(31(27-14-8-3-9-15-27)35(30)24-26-12-6-2-7-13-26)32(37)33-28-19-22-34(23-20-28)21-18-25-10-4-1-5-11-25/h1-15,28-29,31H,16-24H2,(H,33,37). The van der Waals surface area contributed by atoms with Gasteiger partial charge in [0.15, 0.2) is 0 Å². The predicted octanol–water partition coefficient (Wildman–Crippen LogP) is 4.99. The zero-order valence-electron chi connectivity index (χ0n) is 21.5. The molecule has 2 heterocycles. The second kappa shape index (κ2) is 12.2. The molecule has 2 fully saturated rings. The van der Waals surface area contributed by atoms with E-state index in [4.69, 9.17) is 0 Å². The minimum atomic E-state index is -0.256. The SMILES string of the molecule is O=C(NC1CCN(CCc2ccccc2)CC1)C1CCC(=O)N(Cc2ccccc2)C1c1ccccc1. The number of piperidine rings is 2. The maximum absolute atomic E-state index is 13.7. The van der Waals surface area contributed by atoms with Gasteiger partial charge in [0.1, 0.15) is 0 Å². The molecule has 0 radical (unpaired) electrons. The first-order chi connectivity index (χ1) is 18.2. The molecule has 3 aromatic rings. The molecule has 0 spiro atoms. The van der Waals surface area contributed by atoms with Gasteiger partial charge in [-0.05, 0) is 42.4 Å². The molecule has 192 valence electrons. The molecular formula is C32H37N3O2. The third kappa shape index (κ3) is 6.47. The molecule has 0 aliphatic carbocycles. The van der Waals surface area contributed by atoms with Crippen LogP contribution in [0.15, 0.2) is 91.0 Å². The van der Waals surface area contributed by atoms with Gasteiger partial charge in [-0.1, -0.05) is 91.0 Å². The minimum Gasteiger partial charge on any atom is -0.353 e. The lowest BCUT2D eigenvalue weighted by Gasteiger charge is -2.42. The van der Waals surface area contributed by atoms with E-state index in [9.17, 15) is 9.59 Å². The number of benzene rings is 3. The second-order valence-corrected chi connectivity index (χ2v) is 10.4. The van der Waals surface area contributed by atoms with Crippen LogP contribution in [0.4, 0.5) is 0 Å². The average molecular weight is 496 g/mol. The Morgan fingerprint density at radius 3 is 2.03 bits per heavy atom. The molecule has 2 aliphatic heterocycles. The monoisotopic (exact) mass is 495 g/mol. The Morgan fingerprint density at radius 1 is 0.784 bits per heavy atom. The Balaban J connectivity index is 1.23. The van der Waals surface area contributed by atoms with E-state index in [1.54, 1.807) is 0 Å². The molecule has 2 amide bonds. The van der Waals surface area contributed by atoms with E-state index in [1.165, 1.54) is 5.56 Å². The van der Waals surface area contributed by atoms with Crippen molar-refractivity contribution in [2.45, 2.75) is 50.7 Å². The molecule has 5 rings (SSSR count). The van der Waals surface area contributed by atoms with E-state index in [0.717, 1.165) is 50.0 Å². The number of likely N-dealkylation sites (tertiary alicyclic amines) is 2. The molecule has 2 atom stereocenters. The van der Waals surface area contributed by atoms with Crippen LogP contribution in [0.5, 0.6) is 0 Å². The summed E-state index contributed by atoms with van der Waals surface area (Å²) in [5.41, 5.74) is 3.49. The first kappa shape index (κ1) is 25.2. The molecule has 5 nitrogen and oxygen atoms in total. The number of nitrogens with zero attached hydrogens (tertiary/aromatic N) is 2. The number of hydrogen-bond acceptors (Lipinski definition) is 3. The molecule has 37 heavy (non-hydrogen) atoms. The molecule has 0 aromatic heterocycles. The molecule has 5 heteroatoms. The van der Waals surface area contributed by atoms with Gasteiger partial charge in [0.05, 0.1) is 12.0 Å². The Bertz CT molecular complexity index is 1140. The first-order valence-corrected chi connectivity index (χ1v) is 13.6. The number of carbonyl (C=O) groups excluding carboxylic acids is 2. The zero-order chi connectivity index (χ0) is 25.5. The number of rotatable bonds is 8. The van der Waals surface area contributed by atoms with Crippen LogP contribution in [0.25, 0.3) is 0 Å². The van der Waals surface area contributed by atoms with Crippen LogP contribution in [0.3, 0.4) is 0 Å². The van der Waals surface area contributed by atoms with Crippen LogP contribution < -0.4 is 5.32 Å². The average Bonchev–Trinajstić information content (AvgIpc) is 2.95. The van der Waals surface area contributed by atoms with Gasteiger partial charge < -0.3 is 15.1 Å². The quantitative estimate of drug-likeness (QED) is 0.479. The van der Waals surface area contributed by atoms with Crippen LogP contribution in [0.2, 0.25) is 0 Å². The van der Waals surface area contributed by atoms with Crippen LogP contribution in [0, 0.1) is 5.92 Å². The summed E-state index contributed by atoms with van der Waals surface area (Å²) in [6.45, 7) is 3.58. The van der Waals surface area contributed by atoms with Gasteiger partial charge in [-0.3, -0.25) is 9.59 Å². The zero-order valence-corrected chi connectivity index (χ0v) is 21.5. The molecule has 2 aliphatic rings. The van der Waals surface area contributed by atoms with E-state index in [0.29, 0.717) is 19.4 Å². The normalized spacial score (nSPS) is 21.1. The lowest BCUT2D eigenvalue weighted by Crippen LogP contribution is -2.51. The van der Waals surface area contributed by atoms with E-state index >= 15 is 0 Å². The van der Waals surface area contributed by atoms with E-state index in [-0.39, 0.29) is 29.8 Å². The van der Waals surface area contributed by atoms with Crippen molar-refractivity contribution in [3.8, 4) is 0 Å². The van der Waals surface area contributed by atoms with Crippen LogP contribution >= 0.6 is 0 Å². The van der Waals surface area contributed by atoms with Gasteiger partial charge in [-0.25, -0.2) is 0 Å².